The molecule has 0 heterocycles. The third-order valence-corrected chi connectivity index (χ3v) is 3.75. The van der Waals surface area contributed by atoms with Gasteiger partial charge < -0.3 is 15.4 Å². The van der Waals surface area contributed by atoms with Gasteiger partial charge in [0.2, 0.25) is 0 Å². The van der Waals surface area contributed by atoms with Gasteiger partial charge in [0.1, 0.15) is 0 Å². The number of guanidine groups is 1. The SMILES string of the molecule is CCNC(=NCCOCC)NC1CC1c1ccccc1C.I. The van der Waals surface area contributed by atoms with Crippen LogP contribution in [0, 0.1) is 6.92 Å². The van der Waals surface area contributed by atoms with Gasteiger partial charge in [0, 0.05) is 25.1 Å². The van der Waals surface area contributed by atoms with E-state index in [2.05, 4.69) is 53.7 Å². The third kappa shape index (κ3) is 5.76. The molecule has 0 amide bonds. The summed E-state index contributed by atoms with van der Waals surface area (Å²) in [6.45, 7) is 9.28. The highest BCUT2D eigenvalue weighted by molar-refractivity contribution is 14.0. The van der Waals surface area contributed by atoms with Crippen LogP contribution in [-0.4, -0.2) is 38.3 Å². The minimum absolute atomic E-state index is 0. The topological polar surface area (TPSA) is 45.7 Å². The number of nitrogens with one attached hydrogen (secondary N) is 2. The lowest BCUT2D eigenvalue weighted by Crippen LogP contribution is -2.39. The second-order valence-corrected chi connectivity index (χ2v) is 5.41. The van der Waals surface area contributed by atoms with E-state index in [0.717, 1.165) is 19.1 Å². The molecule has 1 fully saturated rings. The van der Waals surface area contributed by atoms with Gasteiger partial charge in [0.15, 0.2) is 5.96 Å². The number of aliphatic imine (C=N–C) groups is 1. The second kappa shape index (κ2) is 10.0. The Labute approximate surface area is 151 Å². The van der Waals surface area contributed by atoms with Crippen LogP contribution in [0.4, 0.5) is 0 Å². The van der Waals surface area contributed by atoms with Crippen LogP contribution in [0.25, 0.3) is 0 Å². The molecule has 4 nitrogen and oxygen atoms in total. The highest BCUT2D eigenvalue weighted by atomic mass is 127. The number of hydrogen-bond acceptors (Lipinski definition) is 2. The zero-order valence-corrected chi connectivity index (χ0v) is 16.1. The van der Waals surface area contributed by atoms with Gasteiger partial charge in [-0.05, 0) is 38.3 Å². The van der Waals surface area contributed by atoms with Crippen LogP contribution in [0.5, 0.6) is 0 Å². The van der Waals surface area contributed by atoms with Gasteiger partial charge in [-0.25, -0.2) is 0 Å². The smallest absolute Gasteiger partial charge is 0.191 e. The summed E-state index contributed by atoms with van der Waals surface area (Å²) in [5.41, 5.74) is 2.84. The summed E-state index contributed by atoms with van der Waals surface area (Å²) in [7, 11) is 0. The molecule has 2 rings (SSSR count). The summed E-state index contributed by atoms with van der Waals surface area (Å²) in [5, 5.41) is 6.83. The molecule has 0 aliphatic heterocycles. The monoisotopic (exact) mass is 417 g/mol. The summed E-state index contributed by atoms with van der Waals surface area (Å²) < 4.78 is 5.33. The molecule has 1 aromatic rings. The first-order valence-electron chi connectivity index (χ1n) is 7.94. The van der Waals surface area contributed by atoms with Crippen LogP contribution in [0.15, 0.2) is 29.3 Å². The molecule has 1 aromatic carbocycles. The van der Waals surface area contributed by atoms with Crippen LogP contribution in [-0.2, 0) is 4.74 Å². The van der Waals surface area contributed by atoms with Crippen molar-refractivity contribution in [2.24, 2.45) is 4.99 Å². The zero-order valence-electron chi connectivity index (χ0n) is 13.8. The van der Waals surface area contributed by atoms with Crippen molar-refractivity contribution in [3.63, 3.8) is 0 Å². The maximum absolute atomic E-state index is 5.33. The van der Waals surface area contributed by atoms with Crippen molar-refractivity contribution in [2.75, 3.05) is 26.3 Å². The maximum Gasteiger partial charge on any atom is 0.191 e. The molecule has 0 saturated heterocycles. The molecule has 5 heteroatoms. The van der Waals surface area contributed by atoms with Crippen LogP contribution in [0.3, 0.4) is 0 Å². The van der Waals surface area contributed by atoms with Crippen molar-refractivity contribution >= 4 is 29.9 Å². The summed E-state index contributed by atoms with van der Waals surface area (Å²) in [5.74, 6) is 1.51. The number of nitrogens with zero attached hydrogens (tertiary/aromatic N) is 1. The summed E-state index contributed by atoms with van der Waals surface area (Å²) in [6, 6.07) is 9.14. The number of aryl methyl sites for hydroxylation is 1. The van der Waals surface area contributed by atoms with Gasteiger partial charge in [-0.1, -0.05) is 24.3 Å². The Morgan fingerprint density at radius 3 is 2.77 bits per heavy atom. The van der Waals surface area contributed by atoms with Crippen molar-refractivity contribution in [3.05, 3.63) is 35.4 Å². The Kier molecular flexibility index (Phi) is 8.78. The van der Waals surface area contributed by atoms with Crippen molar-refractivity contribution < 1.29 is 4.74 Å². The van der Waals surface area contributed by atoms with E-state index >= 15 is 0 Å². The molecule has 1 aliphatic rings. The normalized spacial score (nSPS) is 20.2. The highest BCUT2D eigenvalue weighted by Crippen LogP contribution is 2.41. The summed E-state index contributed by atoms with van der Waals surface area (Å²) in [6.07, 6.45) is 1.18. The first-order chi connectivity index (χ1) is 10.3. The molecule has 1 aliphatic carbocycles. The maximum atomic E-state index is 5.33. The molecule has 124 valence electrons. The minimum Gasteiger partial charge on any atom is -0.380 e. The van der Waals surface area contributed by atoms with Crippen LogP contribution >= 0.6 is 24.0 Å². The average molecular weight is 417 g/mol. The van der Waals surface area contributed by atoms with E-state index in [9.17, 15) is 0 Å². The number of halogens is 1. The Bertz CT molecular complexity index is 479. The average Bonchev–Trinajstić information content (AvgIpc) is 3.23. The second-order valence-electron chi connectivity index (χ2n) is 5.41. The minimum atomic E-state index is 0. The predicted molar refractivity (Wildman–Crippen MR) is 103 cm³/mol. The van der Waals surface area contributed by atoms with E-state index < -0.39 is 0 Å². The number of ether oxygens (including phenoxy) is 1. The Hall–Kier alpha value is -0.820. The van der Waals surface area contributed by atoms with Crippen LogP contribution < -0.4 is 10.6 Å². The Balaban J connectivity index is 0.00000242. The van der Waals surface area contributed by atoms with Crippen LogP contribution in [0.1, 0.15) is 37.3 Å². The van der Waals surface area contributed by atoms with Crippen molar-refractivity contribution in [3.8, 4) is 0 Å². The molecule has 0 aromatic heterocycles. The first-order valence-corrected chi connectivity index (χ1v) is 7.94. The van der Waals surface area contributed by atoms with Crippen molar-refractivity contribution in [1.29, 1.82) is 0 Å². The molecule has 0 spiro atoms. The predicted octanol–water partition coefficient (Wildman–Crippen LogP) is 3.06. The third-order valence-electron chi connectivity index (χ3n) is 3.75. The molecule has 2 unspecified atom stereocenters. The van der Waals surface area contributed by atoms with Gasteiger partial charge >= 0.3 is 0 Å². The van der Waals surface area contributed by atoms with E-state index in [0.29, 0.717) is 25.1 Å². The molecule has 2 N–H and O–H groups in total. The molecule has 0 bridgehead atoms. The summed E-state index contributed by atoms with van der Waals surface area (Å²) in [4.78, 5) is 4.55. The number of rotatable bonds is 7. The number of benzene rings is 1. The van der Waals surface area contributed by atoms with E-state index in [1.54, 1.807) is 0 Å². The number of hydrogen-bond donors (Lipinski definition) is 2. The fraction of sp³-hybridized carbons (Fsp3) is 0.588. The molecule has 2 atom stereocenters. The van der Waals surface area contributed by atoms with E-state index in [-0.39, 0.29) is 24.0 Å². The Morgan fingerprint density at radius 2 is 2.09 bits per heavy atom. The van der Waals surface area contributed by atoms with Crippen molar-refractivity contribution in [2.45, 2.75) is 39.2 Å². The first kappa shape index (κ1) is 19.2. The van der Waals surface area contributed by atoms with Gasteiger partial charge in [-0.2, -0.15) is 0 Å². The quantitative estimate of drug-likeness (QED) is 0.310. The van der Waals surface area contributed by atoms with Gasteiger partial charge in [-0.15, -0.1) is 24.0 Å². The highest BCUT2D eigenvalue weighted by Gasteiger charge is 2.39. The van der Waals surface area contributed by atoms with Gasteiger partial charge in [0.25, 0.3) is 0 Å². The van der Waals surface area contributed by atoms with E-state index in [1.165, 1.54) is 17.5 Å². The molecule has 1 saturated carbocycles. The molecular weight excluding hydrogens is 389 g/mol. The zero-order chi connectivity index (χ0) is 15.1. The largest absolute Gasteiger partial charge is 0.380 e. The summed E-state index contributed by atoms with van der Waals surface area (Å²) >= 11 is 0. The standard InChI is InChI=1S/C17H27N3O.HI/c1-4-18-17(19-10-11-21-5-2)20-16-12-15(16)14-9-7-6-8-13(14)3;/h6-9,15-16H,4-5,10-12H2,1-3H3,(H2,18,19,20);1H. The lowest BCUT2D eigenvalue weighted by atomic mass is 10.0. The Morgan fingerprint density at radius 1 is 1.32 bits per heavy atom. The van der Waals surface area contributed by atoms with Gasteiger partial charge in [-0.3, -0.25) is 4.99 Å². The lowest BCUT2D eigenvalue weighted by molar-refractivity contribution is 0.155. The molecular formula is C17H28IN3O. The fourth-order valence-corrected chi connectivity index (χ4v) is 2.56. The van der Waals surface area contributed by atoms with Gasteiger partial charge in [0.05, 0.1) is 13.2 Å². The molecule has 22 heavy (non-hydrogen) atoms. The lowest BCUT2D eigenvalue weighted by Gasteiger charge is -2.12. The van der Waals surface area contributed by atoms with Crippen molar-refractivity contribution in [1.82, 2.24) is 10.6 Å². The van der Waals surface area contributed by atoms with E-state index in [1.807, 2.05) is 6.92 Å². The fourth-order valence-electron chi connectivity index (χ4n) is 2.56. The van der Waals surface area contributed by atoms with Crippen LogP contribution in [0.2, 0.25) is 0 Å². The molecule has 0 radical (unpaired) electrons. The van der Waals surface area contributed by atoms with E-state index in [4.69, 9.17) is 4.74 Å².